The number of nitrogens with one attached hydrogen (secondary N) is 3. The molecule has 0 saturated carbocycles. The molecular weight excluding hydrogens is 446 g/mol. The Hall–Kier alpha value is -3.08. The van der Waals surface area contributed by atoms with Crippen molar-refractivity contribution in [3.63, 3.8) is 0 Å². The summed E-state index contributed by atoms with van der Waals surface area (Å²) in [4.78, 5) is 17.1. The first-order chi connectivity index (χ1) is 15.4. The van der Waals surface area contributed by atoms with Gasteiger partial charge in [-0.3, -0.25) is 20.6 Å². The van der Waals surface area contributed by atoms with Gasteiger partial charge >= 0.3 is 0 Å². The third kappa shape index (κ3) is 4.87. The average Bonchev–Trinajstić information content (AvgIpc) is 2.83. The maximum atomic E-state index is 13.3. The lowest BCUT2D eigenvalue weighted by atomic mass is 9.99. The van der Waals surface area contributed by atoms with E-state index in [0.717, 1.165) is 11.1 Å². The van der Waals surface area contributed by atoms with Crippen molar-refractivity contribution in [3.8, 4) is 0 Å². The van der Waals surface area contributed by atoms with Crippen molar-refractivity contribution in [1.29, 1.82) is 0 Å². The standard InChI is InChI=1S/C22H23N5O3S2/c28-21(25-26-22(31)24-18-10-2-1-3-11-18)17-9-6-14-27(15-17)32(29,30)19-12-4-7-16-8-5-13-23-20(16)19/h1-5,7-8,10-13,17H,6,9,14-15H2,(H,25,28)(H2,24,26,31)/t17-/m0/s1. The van der Waals surface area contributed by atoms with Gasteiger partial charge < -0.3 is 5.32 Å². The minimum atomic E-state index is -3.79. The normalized spacial score (nSPS) is 16.9. The number of rotatable bonds is 4. The van der Waals surface area contributed by atoms with Gasteiger partial charge in [0.2, 0.25) is 15.9 Å². The van der Waals surface area contributed by atoms with Crippen LogP contribution >= 0.6 is 12.2 Å². The van der Waals surface area contributed by atoms with E-state index in [9.17, 15) is 13.2 Å². The fourth-order valence-electron chi connectivity index (χ4n) is 3.70. The number of sulfonamides is 1. The summed E-state index contributed by atoms with van der Waals surface area (Å²) in [6.45, 7) is 0.453. The van der Waals surface area contributed by atoms with Crippen LogP contribution in [0.25, 0.3) is 10.9 Å². The number of benzene rings is 2. The largest absolute Gasteiger partial charge is 0.331 e. The summed E-state index contributed by atoms with van der Waals surface area (Å²) in [6.07, 6.45) is 2.75. The third-order valence-electron chi connectivity index (χ3n) is 5.30. The average molecular weight is 470 g/mol. The predicted molar refractivity (Wildman–Crippen MR) is 127 cm³/mol. The number of aromatic nitrogens is 1. The maximum Gasteiger partial charge on any atom is 0.245 e. The summed E-state index contributed by atoms with van der Waals surface area (Å²) >= 11 is 5.20. The first-order valence-electron chi connectivity index (χ1n) is 10.2. The van der Waals surface area contributed by atoms with Crippen molar-refractivity contribution in [2.45, 2.75) is 17.7 Å². The van der Waals surface area contributed by atoms with E-state index in [2.05, 4.69) is 21.2 Å². The van der Waals surface area contributed by atoms with Gasteiger partial charge in [0.15, 0.2) is 5.11 Å². The molecule has 0 spiro atoms. The second kappa shape index (κ2) is 9.60. The number of carbonyl (C=O) groups is 1. The number of hydrogen-bond donors (Lipinski definition) is 3. The lowest BCUT2D eigenvalue weighted by molar-refractivity contribution is -0.126. The summed E-state index contributed by atoms with van der Waals surface area (Å²) in [7, 11) is -3.79. The molecule has 166 valence electrons. The van der Waals surface area contributed by atoms with Crippen LogP contribution < -0.4 is 16.2 Å². The fraction of sp³-hybridized carbons (Fsp3) is 0.227. The quantitative estimate of drug-likeness (QED) is 0.399. The molecule has 32 heavy (non-hydrogen) atoms. The second-order valence-corrected chi connectivity index (χ2v) is 9.78. The molecule has 1 amide bonds. The van der Waals surface area contributed by atoms with Gasteiger partial charge in [0.1, 0.15) is 4.90 Å². The number of pyridine rings is 1. The van der Waals surface area contributed by atoms with Gasteiger partial charge in [-0.15, -0.1) is 0 Å². The van der Waals surface area contributed by atoms with Crippen LogP contribution in [0.2, 0.25) is 0 Å². The topological polar surface area (TPSA) is 103 Å². The number of amides is 1. The predicted octanol–water partition coefficient (Wildman–Crippen LogP) is 2.65. The molecule has 2 heterocycles. The lowest BCUT2D eigenvalue weighted by Crippen LogP contribution is -2.50. The van der Waals surface area contributed by atoms with Crippen LogP contribution in [0.4, 0.5) is 5.69 Å². The monoisotopic (exact) mass is 469 g/mol. The van der Waals surface area contributed by atoms with E-state index < -0.39 is 15.9 Å². The Bertz CT molecular complexity index is 1230. The first kappa shape index (κ1) is 22.1. The zero-order valence-electron chi connectivity index (χ0n) is 17.2. The summed E-state index contributed by atoms with van der Waals surface area (Å²) in [5.74, 6) is -0.799. The smallest absolute Gasteiger partial charge is 0.245 e. The van der Waals surface area contributed by atoms with Crippen molar-refractivity contribution in [3.05, 3.63) is 66.9 Å². The van der Waals surface area contributed by atoms with Crippen LogP contribution in [0.5, 0.6) is 0 Å². The molecule has 1 aliphatic heterocycles. The number of fused-ring (bicyclic) bond motifs is 1. The highest BCUT2D eigenvalue weighted by Crippen LogP contribution is 2.27. The highest BCUT2D eigenvalue weighted by molar-refractivity contribution is 7.89. The van der Waals surface area contributed by atoms with Gasteiger partial charge in [0.05, 0.1) is 11.4 Å². The number of hydrogen-bond acceptors (Lipinski definition) is 5. The van der Waals surface area contributed by atoms with Crippen LogP contribution in [0, 0.1) is 5.92 Å². The van der Waals surface area contributed by atoms with E-state index >= 15 is 0 Å². The van der Waals surface area contributed by atoms with E-state index in [0.29, 0.717) is 24.9 Å². The Morgan fingerprint density at radius 1 is 1.03 bits per heavy atom. The molecule has 10 heteroatoms. The lowest BCUT2D eigenvalue weighted by Gasteiger charge is -2.31. The van der Waals surface area contributed by atoms with Crippen molar-refractivity contribution in [2.24, 2.45) is 5.92 Å². The van der Waals surface area contributed by atoms with Crippen LogP contribution in [-0.2, 0) is 14.8 Å². The molecular formula is C22H23N5O3S2. The van der Waals surface area contributed by atoms with Crippen molar-refractivity contribution >= 4 is 49.9 Å². The van der Waals surface area contributed by atoms with E-state index in [1.807, 2.05) is 42.5 Å². The zero-order chi connectivity index (χ0) is 22.6. The number of anilines is 1. The molecule has 1 atom stereocenters. The summed E-state index contributed by atoms with van der Waals surface area (Å²) in [6, 6.07) is 18.0. The molecule has 0 aliphatic carbocycles. The SMILES string of the molecule is O=C(NNC(=S)Nc1ccccc1)[C@H]1CCCN(S(=O)(=O)c2cccc3cccnc23)C1. The minimum Gasteiger partial charge on any atom is -0.331 e. The van der Waals surface area contributed by atoms with Gasteiger partial charge in [-0.25, -0.2) is 8.42 Å². The maximum absolute atomic E-state index is 13.3. The molecule has 1 saturated heterocycles. The number of para-hydroxylation sites is 2. The van der Waals surface area contributed by atoms with E-state index in [1.165, 1.54) is 4.31 Å². The minimum absolute atomic E-state index is 0.0952. The van der Waals surface area contributed by atoms with E-state index in [1.54, 1.807) is 24.4 Å². The van der Waals surface area contributed by atoms with Crippen LogP contribution in [0.3, 0.4) is 0 Å². The van der Waals surface area contributed by atoms with Crippen molar-refractivity contribution in [2.75, 3.05) is 18.4 Å². The zero-order valence-corrected chi connectivity index (χ0v) is 18.8. The highest BCUT2D eigenvalue weighted by Gasteiger charge is 2.34. The van der Waals surface area contributed by atoms with Crippen LogP contribution in [0.15, 0.2) is 71.8 Å². The van der Waals surface area contributed by atoms with E-state index in [4.69, 9.17) is 12.2 Å². The molecule has 3 N–H and O–H groups in total. The molecule has 0 bridgehead atoms. The number of piperidine rings is 1. The molecule has 2 aromatic carbocycles. The number of carbonyl (C=O) groups excluding carboxylic acids is 1. The van der Waals surface area contributed by atoms with Crippen LogP contribution in [-0.4, -0.2) is 41.8 Å². The Morgan fingerprint density at radius 2 is 1.81 bits per heavy atom. The molecule has 4 rings (SSSR count). The van der Waals surface area contributed by atoms with Gasteiger partial charge in [0.25, 0.3) is 0 Å². The Kier molecular flexibility index (Phi) is 6.63. The van der Waals surface area contributed by atoms with Gasteiger partial charge in [-0.05, 0) is 49.3 Å². The molecule has 1 aliphatic rings. The third-order valence-corrected chi connectivity index (χ3v) is 7.40. The summed E-state index contributed by atoms with van der Waals surface area (Å²) in [5, 5.41) is 3.96. The summed E-state index contributed by atoms with van der Waals surface area (Å²) < 4.78 is 28.1. The Morgan fingerprint density at radius 3 is 2.62 bits per heavy atom. The Labute approximate surface area is 192 Å². The number of nitrogens with zero attached hydrogens (tertiary/aromatic N) is 2. The molecule has 8 nitrogen and oxygen atoms in total. The molecule has 0 radical (unpaired) electrons. The molecule has 0 unspecified atom stereocenters. The van der Waals surface area contributed by atoms with Crippen molar-refractivity contribution < 1.29 is 13.2 Å². The van der Waals surface area contributed by atoms with E-state index in [-0.39, 0.29) is 22.5 Å². The van der Waals surface area contributed by atoms with Crippen molar-refractivity contribution in [1.82, 2.24) is 20.1 Å². The fourth-order valence-corrected chi connectivity index (χ4v) is 5.56. The van der Waals surface area contributed by atoms with Crippen LogP contribution in [0.1, 0.15) is 12.8 Å². The number of hydrazine groups is 1. The van der Waals surface area contributed by atoms with Gasteiger partial charge in [-0.1, -0.05) is 36.4 Å². The van der Waals surface area contributed by atoms with Gasteiger partial charge in [0, 0.05) is 30.4 Å². The number of thiocarbonyl (C=S) groups is 1. The second-order valence-electron chi connectivity index (χ2n) is 7.47. The highest BCUT2D eigenvalue weighted by atomic mass is 32.2. The molecule has 1 aromatic heterocycles. The Balaban J connectivity index is 1.41. The first-order valence-corrected chi connectivity index (χ1v) is 12.1. The van der Waals surface area contributed by atoms with Gasteiger partial charge in [-0.2, -0.15) is 4.31 Å². The molecule has 3 aromatic rings. The summed E-state index contributed by atoms with van der Waals surface area (Å²) in [5.41, 5.74) is 6.49. The molecule has 1 fully saturated rings.